The molecule has 2 amide bonds. The van der Waals surface area contributed by atoms with Gasteiger partial charge in [-0.1, -0.05) is 48.0 Å². The van der Waals surface area contributed by atoms with Crippen LogP contribution in [0, 0.1) is 11.3 Å². The number of para-hydroxylation sites is 1. The van der Waals surface area contributed by atoms with Crippen LogP contribution in [-0.2, 0) is 19.4 Å². The van der Waals surface area contributed by atoms with Crippen LogP contribution in [0.5, 0.6) is 0 Å². The summed E-state index contributed by atoms with van der Waals surface area (Å²) in [6, 6.07) is 18.9. The molecule has 0 aliphatic carbocycles. The summed E-state index contributed by atoms with van der Waals surface area (Å²) in [5, 5.41) is 16.3. The lowest BCUT2D eigenvalue weighted by Gasteiger charge is -2.29. The van der Waals surface area contributed by atoms with Gasteiger partial charge >= 0.3 is 6.03 Å². The third-order valence-electron chi connectivity index (χ3n) is 5.12. The average molecular weight is 433 g/mol. The van der Waals surface area contributed by atoms with Crippen molar-refractivity contribution >= 4 is 29.1 Å². The molecule has 2 N–H and O–H groups in total. The SMILES string of the molecule is N#Cc1nc2c(c(NCCc3ccccc3Cl)n1)CN(C(=O)Nc1ccccc1)CC2. The maximum atomic E-state index is 12.7. The summed E-state index contributed by atoms with van der Waals surface area (Å²) >= 11 is 6.24. The van der Waals surface area contributed by atoms with Crippen molar-refractivity contribution in [3.63, 3.8) is 0 Å². The molecular formula is C23H21ClN6O. The number of amides is 2. The lowest BCUT2D eigenvalue weighted by molar-refractivity contribution is 0.206. The Kier molecular flexibility index (Phi) is 6.29. The van der Waals surface area contributed by atoms with E-state index < -0.39 is 0 Å². The van der Waals surface area contributed by atoms with Crippen LogP contribution in [-0.4, -0.2) is 34.0 Å². The Bertz CT molecular complexity index is 1130. The van der Waals surface area contributed by atoms with Crippen molar-refractivity contribution in [2.75, 3.05) is 23.7 Å². The van der Waals surface area contributed by atoms with Crippen molar-refractivity contribution in [3.05, 3.63) is 82.3 Å². The topological polar surface area (TPSA) is 93.9 Å². The van der Waals surface area contributed by atoms with E-state index in [1.807, 2.05) is 60.7 Å². The molecule has 2 heterocycles. The molecule has 0 saturated carbocycles. The van der Waals surface area contributed by atoms with Gasteiger partial charge in [-0.15, -0.1) is 0 Å². The predicted octanol–water partition coefficient (Wildman–Crippen LogP) is 4.25. The molecule has 31 heavy (non-hydrogen) atoms. The fraction of sp³-hybridized carbons (Fsp3) is 0.217. The zero-order chi connectivity index (χ0) is 21.6. The highest BCUT2D eigenvalue weighted by Crippen LogP contribution is 2.25. The highest BCUT2D eigenvalue weighted by Gasteiger charge is 2.25. The van der Waals surface area contributed by atoms with Gasteiger partial charge in [0, 0.05) is 35.8 Å². The van der Waals surface area contributed by atoms with Crippen molar-refractivity contribution in [2.24, 2.45) is 0 Å². The third kappa shape index (κ3) is 4.93. The summed E-state index contributed by atoms with van der Waals surface area (Å²) in [5.74, 6) is 0.715. The van der Waals surface area contributed by atoms with Gasteiger partial charge in [0.05, 0.1) is 12.2 Å². The molecule has 1 aliphatic heterocycles. The molecular weight excluding hydrogens is 412 g/mol. The van der Waals surface area contributed by atoms with Gasteiger partial charge < -0.3 is 15.5 Å². The second-order valence-corrected chi connectivity index (χ2v) is 7.58. The third-order valence-corrected chi connectivity index (χ3v) is 5.49. The molecule has 0 atom stereocenters. The quantitative estimate of drug-likeness (QED) is 0.628. The molecule has 3 aromatic rings. The second-order valence-electron chi connectivity index (χ2n) is 7.17. The Labute approximate surface area is 185 Å². The highest BCUT2D eigenvalue weighted by molar-refractivity contribution is 6.31. The van der Waals surface area contributed by atoms with Crippen molar-refractivity contribution < 1.29 is 4.79 Å². The van der Waals surface area contributed by atoms with Crippen molar-refractivity contribution in [1.82, 2.24) is 14.9 Å². The first-order valence-electron chi connectivity index (χ1n) is 10.0. The molecule has 7 nitrogen and oxygen atoms in total. The number of urea groups is 1. The van der Waals surface area contributed by atoms with E-state index in [2.05, 4.69) is 20.6 Å². The standard InChI is InChI=1S/C23H21ClN6O/c24-19-9-5-4-6-16(19)10-12-26-22-18-15-30(13-11-20(18)28-21(14-25)29-22)23(31)27-17-7-2-1-3-8-17/h1-9H,10-13,15H2,(H,27,31)(H,26,28,29). The maximum absolute atomic E-state index is 12.7. The Hall–Kier alpha value is -3.63. The number of anilines is 2. The van der Waals surface area contributed by atoms with E-state index >= 15 is 0 Å². The molecule has 1 aliphatic rings. The van der Waals surface area contributed by atoms with Gasteiger partial charge in [0.1, 0.15) is 11.9 Å². The minimum absolute atomic E-state index is 0.126. The average Bonchev–Trinajstić information content (AvgIpc) is 2.80. The predicted molar refractivity (Wildman–Crippen MR) is 120 cm³/mol. The van der Waals surface area contributed by atoms with Gasteiger partial charge in [-0.2, -0.15) is 5.26 Å². The monoisotopic (exact) mass is 432 g/mol. The molecule has 0 unspecified atom stereocenters. The number of halogens is 1. The van der Waals surface area contributed by atoms with Crippen LogP contribution in [0.2, 0.25) is 5.02 Å². The molecule has 0 fully saturated rings. The van der Waals surface area contributed by atoms with Crippen LogP contribution < -0.4 is 10.6 Å². The van der Waals surface area contributed by atoms with E-state index in [4.69, 9.17) is 11.6 Å². The van der Waals surface area contributed by atoms with Gasteiger partial charge in [0.15, 0.2) is 0 Å². The minimum atomic E-state index is -0.178. The van der Waals surface area contributed by atoms with Crippen LogP contribution in [0.4, 0.5) is 16.3 Å². The number of rotatable bonds is 5. The number of nitriles is 1. The largest absolute Gasteiger partial charge is 0.369 e. The molecule has 0 spiro atoms. The fourth-order valence-electron chi connectivity index (χ4n) is 3.52. The van der Waals surface area contributed by atoms with Gasteiger partial charge in [0.25, 0.3) is 0 Å². The molecule has 0 saturated heterocycles. The molecule has 0 radical (unpaired) electrons. The van der Waals surface area contributed by atoms with Crippen molar-refractivity contribution in [1.29, 1.82) is 5.26 Å². The lowest BCUT2D eigenvalue weighted by atomic mass is 10.1. The number of carbonyl (C=O) groups is 1. The van der Waals surface area contributed by atoms with Crippen molar-refractivity contribution in [2.45, 2.75) is 19.4 Å². The smallest absolute Gasteiger partial charge is 0.322 e. The Morgan fingerprint density at radius 3 is 2.68 bits per heavy atom. The number of nitrogens with zero attached hydrogens (tertiary/aromatic N) is 4. The summed E-state index contributed by atoms with van der Waals surface area (Å²) in [5.41, 5.74) is 3.42. The lowest BCUT2D eigenvalue weighted by Crippen LogP contribution is -2.39. The second kappa shape index (κ2) is 9.45. The van der Waals surface area contributed by atoms with E-state index in [1.54, 1.807) is 4.90 Å². The van der Waals surface area contributed by atoms with E-state index in [9.17, 15) is 10.1 Å². The fourth-order valence-corrected chi connectivity index (χ4v) is 3.75. The summed E-state index contributed by atoms with van der Waals surface area (Å²) in [7, 11) is 0. The summed E-state index contributed by atoms with van der Waals surface area (Å²) in [4.78, 5) is 23.2. The zero-order valence-electron chi connectivity index (χ0n) is 16.8. The first-order chi connectivity index (χ1) is 15.1. The Balaban J connectivity index is 1.49. The molecule has 156 valence electrons. The molecule has 1 aromatic heterocycles. The number of hydrogen-bond acceptors (Lipinski definition) is 5. The number of benzene rings is 2. The first-order valence-corrected chi connectivity index (χ1v) is 10.4. The van der Waals surface area contributed by atoms with E-state index in [1.165, 1.54) is 0 Å². The maximum Gasteiger partial charge on any atom is 0.322 e. The number of nitrogens with one attached hydrogen (secondary N) is 2. The van der Waals surface area contributed by atoms with Gasteiger partial charge in [0.2, 0.25) is 5.82 Å². The number of aromatic nitrogens is 2. The zero-order valence-corrected chi connectivity index (χ0v) is 17.6. The summed E-state index contributed by atoms with van der Waals surface area (Å²) in [6.45, 7) is 1.48. The van der Waals surface area contributed by atoms with Crippen LogP contribution >= 0.6 is 11.6 Å². The van der Waals surface area contributed by atoms with Gasteiger partial charge in [-0.25, -0.2) is 14.8 Å². The first kappa shape index (κ1) is 20.6. The number of fused-ring (bicyclic) bond motifs is 1. The normalized spacial score (nSPS) is 12.6. The van der Waals surface area contributed by atoms with E-state index in [0.717, 1.165) is 27.5 Å². The minimum Gasteiger partial charge on any atom is -0.369 e. The van der Waals surface area contributed by atoms with Crippen molar-refractivity contribution in [3.8, 4) is 6.07 Å². The molecule has 0 bridgehead atoms. The van der Waals surface area contributed by atoms with Gasteiger partial charge in [-0.3, -0.25) is 0 Å². The van der Waals surface area contributed by atoms with E-state index in [-0.39, 0.29) is 11.9 Å². The Morgan fingerprint density at radius 1 is 1.13 bits per heavy atom. The van der Waals surface area contributed by atoms with E-state index in [0.29, 0.717) is 38.3 Å². The summed E-state index contributed by atoms with van der Waals surface area (Å²) < 4.78 is 0. The summed E-state index contributed by atoms with van der Waals surface area (Å²) in [6.07, 6.45) is 1.27. The molecule has 4 rings (SSSR count). The van der Waals surface area contributed by atoms with Crippen LogP contribution in [0.3, 0.4) is 0 Å². The number of carbonyl (C=O) groups excluding carboxylic acids is 1. The molecule has 2 aromatic carbocycles. The molecule has 8 heteroatoms. The highest BCUT2D eigenvalue weighted by atomic mass is 35.5. The number of hydrogen-bond donors (Lipinski definition) is 2. The van der Waals surface area contributed by atoms with Crippen LogP contribution in [0.25, 0.3) is 0 Å². The Morgan fingerprint density at radius 2 is 1.90 bits per heavy atom. The van der Waals surface area contributed by atoms with Crippen LogP contribution in [0.15, 0.2) is 54.6 Å². The van der Waals surface area contributed by atoms with Crippen LogP contribution in [0.1, 0.15) is 22.6 Å². The van der Waals surface area contributed by atoms with Gasteiger partial charge in [-0.05, 0) is 30.2 Å².